The predicted molar refractivity (Wildman–Crippen MR) is 57.7 cm³/mol. The maximum Gasteiger partial charge on any atom is 0.261 e. The summed E-state index contributed by atoms with van der Waals surface area (Å²) < 4.78 is 28.0. The number of rotatable bonds is 8. The molecule has 2 nitrogen and oxygen atoms in total. The summed E-state index contributed by atoms with van der Waals surface area (Å²) in [5.74, 6) is 0. The van der Waals surface area contributed by atoms with Gasteiger partial charge >= 0.3 is 0 Å². The van der Waals surface area contributed by atoms with Crippen LogP contribution in [0.4, 0.5) is 8.78 Å². The van der Waals surface area contributed by atoms with E-state index < -0.39 is 13.0 Å². The highest BCUT2D eigenvalue weighted by Crippen LogP contribution is 2.07. The van der Waals surface area contributed by atoms with Gasteiger partial charge in [-0.05, 0) is 17.9 Å². The summed E-state index contributed by atoms with van der Waals surface area (Å²) in [7, 11) is 0. The van der Waals surface area contributed by atoms with Gasteiger partial charge in [0.2, 0.25) is 0 Å². The van der Waals surface area contributed by atoms with Gasteiger partial charge in [-0.1, -0.05) is 6.07 Å². The average Bonchev–Trinajstić information content (AvgIpc) is 2.68. The van der Waals surface area contributed by atoms with Gasteiger partial charge in [-0.25, -0.2) is 8.78 Å². The zero-order valence-corrected chi connectivity index (χ0v) is 9.23. The Balaban J connectivity index is 1.85. The molecule has 0 saturated heterocycles. The zero-order chi connectivity index (χ0) is 10.9. The highest BCUT2D eigenvalue weighted by atomic mass is 32.1. The van der Waals surface area contributed by atoms with E-state index in [1.807, 2.05) is 11.4 Å². The Morgan fingerprint density at radius 1 is 1.40 bits per heavy atom. The lowest BCUT2D eigenvalue weighted by molar-refractivity contribution is 0.0188. The summed E-state index contributed by atoms with van der Waals surface area (Å²) in [6.45, 7) is 1.36. The van der Waals surface area contributed by atoms with Crippen LogP contribution in [0.5, 0.6) is 0 Å². The van der Waals surface area contributed by atoms with E-state index in [9.17, 15) is 8.78 Å². The molecule has 0 spiro atoms. The summed E-state index contributed by atoms with van der Waals surface area (Å²) in [4.78, 5) is 1.33. The van der Waals surface area contributed by atoms with Crippen LogP contribution in [0, 0.1) is 0 Å². The van der Waals surface area contributed by atoms with Gasteiger partial charge in [0.1, 0.15) is 6.61 Å². The minimum Gasteiger partial charge on any atom is -0.374 e. The third kappa shape index (κ3) is 6.54. The van der Waals surface area contributed by atoms with E-state index in [1.165, 1.54) is 4.88 Å². The first-order valence-corrected chi connectivity index (χ1v) is 5.76. The van der Waals surface area contributed by atoms with Crippen molar-refractivity contribution in [1.29, 1.82) is 0 Å². The molecule has 1 rings (SSSR count). The topological polar surface area (TPSA) is 21.3 Å². The molecule has 1 heterocycles. The van der Waals surface area contributed by atoms with Crippen LogP contribution in [0.15, 0.2) is 17.5 Å². The Morgan fingerprint density at radius 3 is 2.93 bits per heavy atom. The van der Waals surface area contributed by atoms with Crippen LogP contribution in [-0.4, -0.2) is 32.7 Å². The first-order valence-electron chi connectivity index (χ1n) is 4.88. The first kappa shape index (κ1) is 12.5. The lowest BCUT2D eigenvalue weighted by atomic mass is 10.3. The highest BCUT2D eigenvalue weighted by molar-refractivity contribution is 7.09. The number of hydrogen-bond acceptors (Lipinski definition) is 3. The molecule has 86 valence electrons. The molecule has 0 bridgehead atoms. The summed E-state index contributed by atoms with van der Waals surface area (Å²) in [6, 6.07) is 4.10. The van der Waals surface area contributed by atoms with E-state index in [4.69, 9.17) is 4.74 Å². The third-order valence-electron chi connectivity index (χ3n) is 1.80. The van der Waals surface area contributed by atoms with E-state index in [1.54, 1.807) is 11.3 Å². The number of hydrogen-bond donors (Lipinski definition) is 1. The van der Waals surface area contributed by atoms with Crippen molar-refractivity contribution in [2.75, 3.05) is 26.3 Å². The van der Waals surface area contributed by atoms with Gasteiger partial charge in [0.15, 0.2) is 0 Å². The van der Waals surface area contributed by atoms with Crippen molar-refractivity contribution < 1.29 is 13.5 Å². The van der Waals surface area contributed by atoms with Gasteiger partial charge in [-0.2, -0.15) is 0 Å². The smallest absolute Gasteiger partial charge is 0.261 e. The van der Waals surface area contributed by atoms with Gasteiger partial charge in [0.05, 0.1) is 6.61 Å². The Hall–Kier alpha value is -0.520. The van der Waals surface area contributed by atoms with Crippen LogP contribution in [-0.2, 0) is 11.2 Å². The van der Waals surface area contributed by atoms with E-state index >= 15 is 0 Å². The molecule has 1 N–H and O–H groups in total. The van der Waals surface area contributed by atoms with Crippen molar-refractivity contribution in [2.24, 2.45) is 0 Å². The molecule has 15 heavy (non-hydrogen) atoms. The quantitative estimate of drug-likeness (QED) is 0.697. The standard InChI is InChI=1S/C10H15F2NOS/c11-10(12)8-14-6-5-13-4-3-9-2-1-7-15-9/h1-2,7,10,13H,3-6,8H2. The molecular formula is C10H15F2NOS. The number of halogens is 2. The minimum absolute atomic E-state index is 0.342. The van der Waals surface area contributed by atoms with Crippen LogP contribution < -0.4 is 5.32 Å². The number of nitrogens with one attached hydrogen (secondary N) is 1. The Bertz CT molecular complexity index is 242. The zero-order valence-electron chi connectivity index (χ0n) is 8.42. The van der Waals surface area contributed by atoms with Gasteiger partial charge in [-0.15, -0.1) is 11.3 Å². The average molecular weight is 235 g/mol. The highest BCUT2D eigenvalue weighted by Gasteiger charge is 2.00. The van der Waals surface area contributed by atoms with Crippen molar-refractivity contribution in [1.82, 2.24) is 5.32 Å². The fourth-order valence-electron chi connectivity index (χ4n) is 1.11. The van der Waals surface area contributed by atoms with Crippen LogP contribution in [0.1, 0.15) is 4.88 Å². The molecule has 0 saturated carbocycles. The van der Waals surface area contributed by atoms with Crippen LogP contribution in [0.2, 0.25) is 0 Å². The Kier molecular flexibility index (Phi) is 6.47. The van der Waals surface area contributed by atoms with Crippen molar-refractivity contribution in [3.8, 4) is 0 Å². The fourth-order valence-corrected chi connectivity index (χ4v) is 1.82. The van der Waals surface area contributed by atoms with Gasteiger partial charge < -0.3 is 10.1 Å². The number of ether oxygens (including phenoxy) is 1. The Labute approximate surface area is 92.3 Å². The number of alkyl halides is 2. The van der Waals surface area contributed by atoms with Gasteiger partial charge in [0, 0.05) is 18.0 Å². The maximum absolute atomic E-state index is 11.7. The maximum atomic E-state index is 11.7. The summed E-state index contributed by atoms with van der Waals surface area (Å²) in [5.41, 5.74) is 0. The third-order valence-corrected chi connectivity index (χ3v) is 2.73. The molecule has 0 aliphatic heterocycles. The van der Waals surface area contributed by atoms with E-state index in [0.717, 1.165) is 13.0 Å². The molecule has 0 radical (unpaired) electrons. The first-order chi connectivity index (χ1) is 7.29. The molecule has 0 atom stereocenters. The minimum atomic E-state index is -2.36. The van der Waals surface area contributed by atoms with E-state index in [-0.39, 0.29) is 0 Å². The monoisotopic (exact) mass is 235 g/mol. The number of thiophene rings is 1. The molecule has 1 aromatic heterocycles. The van der Waals surface area contributed by atoms with Crippen LogP contribution in [0.3, 0.4) is 0 Å². The van der Waals surface area contributed by atoms with E-state index in [0.29, 0.717) is 13.2 Å². The molecule has 1 aromatic rings. The van der Waals surface area contributed by atoms with Gasteiger partial charge in [0.25, 0.3) is 6.43 Å². The van der Waals surface area contributed by atoms with E-state index in [2.05, 4.69) is 11.4 Å². The second-order valence-electron chi connectivity index (χ2n) is 3.05. The molecule has 0 aliphatic carbocycles. The van der Waals surface area contributed by atoms with Crippen molar-refractivity contribution in [3.05, 3.63) is 22.4 Å². The molecular weight excluding hydrogens is 220 g/mol. The summed E-state index contributed by atoms with van der Waals surface area (Å²) in [6.07, 6.45) is -1.39. The molecule has 0 unspecified atom stereocenters. The van der Waals surface area contributed by atoms with Crippen molar-refractivity contribution in [3.63, 3.8) is 0 Å². The predicted octanol–water partition coefficient (Wildman–Crippen LogP) is 2.16. The van der Waals surface area contributed by atoms with Crippen LogP contribution >= 0.6 is 11.3 Å². The lowest BCUT2D eigenvalue weighted by Crippen LogP contribution is -2.23. The molecule has 0 aliphatic rings. The second-order valence-corrected chi connectivity index (χ2v) is 4.08. The molecule has 0 fully saturated rings. The molecule has 5 heteroatoms. The van der Waals surface area contributed by atoms with Crippen molar-refractivity contribution in [2.45, 2.75) is 12.8 Å². The largest absolute Gasteiger partial charge is 0.374 e. The summed E-state index contributed by atoms with van der Waals surface area (Å²) >= 11 is 1.72. The second kappa shape index (κ2) is 7.73. The van der Waals surface area contributed by atoms with Gasteiger partial charge in [-0.3, -0.25) is 0 Å². The normalized spacial score (nSPS) is 11.1. The molecule has 0 aromatic carbocycles. The molecule has 0 amide bonds. The summed E-state index contributed by atoms with van der Waals surface area (Å²) in [5, 5.41) is 5.18. The Morgan fingerprint density at radius 2 is 2.27 bits per heavy atom. The van der Waals surface area contributed by atoms with Crippen molar-refractivity contribution >= 4 is 11.3 Å². The lowest BCUT2D eigenvalue weighted by Gasteiger charge is -2.04. The fraction of sp³-hybridized carbons (Fsp3) is 0.600. The SMILES string of the molecule is FC(F)COCCNCCc1cccs1. The van der Waals surface area contributed by atoms with Crippen LogP contribution in [0.25, 0.3) is 0 Å².